The van der Waals surface area contributed by atoms with Gasteiger partial charge in [0.05, 0.1) is 54.3 Å². The summed E-state index contributed by atoms with van der Waals surface area (Å²) in [6, 6.07) is 7.40. The Balaban J connectivity index is 1.05. The predicted octanol–water partition coefficient (Wildman–Crippen LogP) is 7.41. The molecule has 1 aromatic carbocycles. The van der Waals surface area contributed by atoms with Crippen molar-refractivity contribution >= 4 is 45.1 Å². The van der Waals surface area contributed by atoms with Crippen LogP contribution in [0.3, 0.4) is 0 Å². The van der Waals surface area contributed by atoms with E-state index in [0.717, 1.165) is 68.9 Å². The molecule has 468 valence electrons. The number of H-pyrrole nitrogens is 1. The van der Waals surface area contributed by atoms with Crippen LogP contribution in [0.15, 0.2) is 70.6 Å². The summed E-state index contributed by atoms with van der Waals surface area (Å²) >= 11 is 0. The number of nitrogens with one attached hydrogen (secondary N) is 2. The van der Waals surface area contributed by atoms with E-state index >= 15 is 14.7 Å². The number of hydrogen-bond acceptors (Lipinski definition) is 15. The number of rotatable bonds is 8. The van der Waals surface area contributed by atoms with Gasteiger partial charge >= 0.3 is 5.97 Å². The molecule has 0 radical (unpaired) electrons. The molecule has 5 saturated carbocycles. The van der Waals surface area contributed by atoms with Gasteiger partial charge in [-0.3, -0.25) is 19.4 Å². The van der Waals surface area contributed by atoms with E-state index in [2.05, 4.69) is 47.1 Å². The number of benzene rings is 1. The Bertz CT molecular complexity index is 3000. The number of aliphatic hydroxyl groups is 6. The van der Waals surface area contributed by atoms with E-state index in [-0.39, 0.29) is 128 Å². The second kappa shape index (κ2) is 24.5. The van der Waals surface area contributed by atoms with E-state index in [4.69, 9.17) is 16.2 Å². The molecule has 3 heterocycles. The Morgan fingerprint density at radius 1 is 0.907 bits per heavy atom. The third-order valence-electron chi connectivity index (χ3n) is 24.4. The fraction of sp³-hybridized carbons (Fsp3) is 0.706. The first-order valence-corrected chi connectivity index (χ1v) is 34.9. The molecule has 0 spiro atoms. The van der Waals surface area contributed by atoms with Crippen molar-refractivity contribution in [2.45, 2.75) is 177 Å². The van der Waals surface area contributed by atoms with E-state index < -0.39 is 88.5 Å². The molecule has 16 nitrogen and oxygen atoms in total. The largest absolute Gasteiger partial charge is 0.508 e. The van der Waals surface area contributed by atoms with Crippen LogP contribution < -0.4 is 16.8 Å². The van der Waals surface area contributed by atoms with E-state index in [9.17, 15) is 35.4 Å². The van der Waals surface area contributed by atoms with Crippen LogP contribution in [0.25, 0.3) is 0 Å². The van der Waals surface area contributed by atoms with Gasteiger partial charge in [0.1, 0.15) is 11.8 Å². The summed E-state index contributed by atoms with van der Waals surface area (Å²) < 4.78 is 5.99. The van der Waals surface area contributed by atoms with Crippen LogP contribution in [0, 0.1) is 99.6 Å². The van der Waals surface area contributed by atoms with Gasteiger partial charge in [-0.2, -0.15) is 0 Å². The van der Waals surface area contributed by atoms with Gasteiger partial charge in [-0.1, -0.05) is 78.0 Å². The molecule has 2 saturated heterocycles. The zero-order chi connectivity index (χ0) is 60.6. The molecule has 12 rings (SSSR count). The molecule has 0 amide bonds. The van der Waals surface area contributed by atoms with Crippen LogP contribution in [0.5, 0.6) is 5.75 Å². The minimum absolute atomic E-state index is 0.00419. The highest BCUT2D eigenvalue weighted by Gasteiger charge is 2.76. The van der Waals surface area contributed by atoms with E-state index in [0.29, 0.717) is 41.8 Å². The summed E-state index contributed by atoms with van der Waals surface area (Å²) in [5.74, 6) is 3.33. The number of aromatic nitrogens is 1. The number of esters is 1. The molecule has 1 aromatic heterocycles. The molecule has 22 atom stereocenters. The summed E-state index contributed by atoms with van der Waals surface area (Å²) in [7, 11) is 3.06. The van der Waals surface area contributed by atoms with Crippen molar-refractivity contribution in [2.75, 3.05) is 31.3 Å². The van der Waals surface area contributed by atoms with Gasteiger partial charge in [-0.15, -0.1) is 5.92 Å². The Morgan fingerprint density at radius 3 is 2.41 bits per heavy atom. The third-order valence-corrected chi connectivity index (χ3v) is 27.0. The lowest BCUT2D eigenvalue weighted by molar-refractivity contribution is -0.203. The number of allylic oxidation sites excluding steroid dienone is 3. The summed E-state index contributed by atoms with van der Waals surface area (Å²) in [5, 5.41) is 92.2. The minimum atomic E-state index is -1.96. The number of nitrogens with zero attached hydrogens (tertiary/aromatic N) is 1. The zero-order valence-electron chi connectivity index (χ0n) is 50.3. The number of cyclic esters (lactones) is 1. The second-order valence-electron chi connectivity index (χ2n) is 28.7. The molecule has 7 fully saturated rings. The first-order chi connectivity index (χ1) is 41.2. The molecule has 8 aliphatic carbocycles. The first kappa shape index (κ1) is 61.9. The molecule has 10 aliphatic rings. The van der Waals surface area contributed by atoms with Crippen molar-refractivity contribution in [1.29, 1.82) is 0 Å². The van der Waals surface area contributed by atoms with Gasteiger partial charge in [0.25, 0.3) is 0 Å². The lowest BCUT2D eigenvalue weighted by atomic mass is 9.40. The van der Waals surface area contributed by atoms with Crippen molar-refractivity contribution in [1.82, 2.24) is 10.3 Å². The third kappa shape index (κ3) is 10.6. The summed E-state index contributed by atoms with van der Waals surface area (Å²) in [4.78, 5) is 53.4. The number of phenols is 1. The van der Waals surface area contributed by atoms with Gasteiger partial charge in [0.2, 0.25) is 0 Å². The van der Waals surface area contributed by atoms with Gasteiger partial charge in [0, 0.05) is 84.2 Å². The fourth-order valence-corrected chi connectivity index (χ4v) is 23.4. The highest BCUT2D eigenvalue weighted by Crippen LogP contribution is 2.75. The topological polar surface area (TPSA) is 294 Å². The normalized spacial score (nSPS) is 43.8. The van der Waals surface area contributed by atoms with E-state index in [1.807, 2.05) is 18.5 Å². The number of ether oxygens (including phenoxy) is 1. The number of aromatic amines is 1. The maximum atomic E-state index is 16.7. The summed E-state index contributed by atoms with van der Waals surface area (Å²) in [5.41, 5.74) is 9.79. The number of aliphatic hydroxyl groups excluding tert-OH is 4. The molecule has 13 N–H and O–H groups in total. The molecule has 2 aromatic rings. The minimum Gasteiger partial charge on any atom is -0.508 e. The van der Waals surface area contributed by atoms with Crippen molar-refractivity contribution in [3.05, 3.63) is 76.8 Å². The Morgan fingerprint density at radius 2 is 1.67 bits per heavy atom. The van der Waals surface area contributed by atoms with Gasteiger partial charge in [-0.25, -0.2) is 0 Å². The summed E-state index contributed by atoms with van der Waals surface area (Å²) in [6.07, 6.45) is 12.0. The number of ketones is 2. The van der Waals surface area contributed by atoms with Crippen LogP contribution in [0.4, 0.5) is 0 Å². The van der Waals surface area contributed by atoms with Crippen LogP contribution in [0.1, 0.15) is 153 Å². The molecular weight excluding hydrogens is 1130 g/mol. The molecular formula is C68H93N5O11S2. The second-order valence-corrected chi connectivity index (χ2v) is 31.3. The van der Waals surface area contributed by atoms with E-state index in [1.165, 1.54) is 27.2 Å². The zero-order valence-corrected chi connectivity index (χ0v) is 52.0. The predicted molar refractivity (Wildman–Crippen MR) is 332 cm³/mol. The first-order valence-electron chi connectivity index (χ1n) is 32.5. The van der Waals surface area contributed by atoms with Gasteiger partial charge in [0.15, 0.2) is 17.5 Å². The standard InChI is InChI=1S/C68H93N5O11S2/c1-36-11-12-39-15-18-46-37(2)26-55(78)65(3,82)62-41(8-6-7-40(27-48(46)47(39)25-36)49-33-84-63(81)56(49)42-20-23-71-31-42)29-68(83)58-51(19-21-66(62,68)22-24-72-64(69)70)67(44-9-4-5-10-44)30-54(77)60(79)50-35-86-85-34-43(38-13-16-45(75)17-14-38)28-53(76)52(32-74)73-59(58)61(80)57(50)67/h13-17,20,23,31,36-37,40-41,43-44,46-52,54-57,60,62,71,73-75,77-79,82-83H,4-5,8-12,18-19,21-22,24-30,32-35H2,1-3H3,(H4,69,70,72). The average Bonchev–Trinajstić information content (AvgIpc) is 1.28. The van der Waals surface area contributed by atoms with Crippen LogP contribution in [0.2, 0.25) is 0 Å². The number of phenolic OH excluding ortho intramolecular Hbond substituents is 1. The quantitative estimate of drug-likeness (QED) is 0.0306. The van der Waals surface area contributed by atoms with Crippen molar-refractivity contribution in [2.24, 2.45) is 104 Å². The van der Waals surface area contributed by atoms with Crippen molar-refractivity contribution in [3.8, 4) is 17.6 Å². The number of nitrogens with two attached hydrogens (primary N) is 2. The number of aliphatic imine (C=N–C) groups is 1. The van der Waals surface area contributed by atoms with Gasteiger partial charge in [-0.05, 0) is 178 Å². The number of guanidine groups is 1. The molecule has 18 heteroatoms. The fourth-order valence-electron chi connectivity index (χ4n) is 20.6. The number of carbonyl (C=O) groups excluding carboxylic acids is 3. The molecule has 2 aliphatic heterocycles. The highest BCUT2D eigenvalue weighted by molar-refractivity contribution is 8.76. The Kier molecular flexibility index (Phi) is 17.6. The van der Waals surface area contributed by atoms with Crippen molar-refractivity contribution in [3.63, 3.8) is 0 Å². The van der Waals surface area contributed by atoms with E-state index in [1.54, 1.807) is 31.2 Å². The van der Waals surface area contributed by atoms with Gasteiger partial charge < -0.3 is 62.3 Å². The lowest BCUT2D eigenvalue weighted by Crippen LogP contribution is -2.69. The highest BCUT2D eigenvalue weighted by atomic mass is 33.1. The SMILES string of the molecule is CC1CCC2=CCC3C(C)CC(O)C(C)(O)C4C(CC#CC(C5COC(=O)C5c5cc[nH]c5)CC3C2C1)CC1(O)C2=C3NC(CO)C(=O)CC(c5ccc(O)cc5)CSSCC5C(O)C(O)CC(C6CCCC6)(C2CCC41CCN=C(N)N)C5C3=O. The summed E-state index contributed by atoms with van der Waals surface area (Å²) in [6.45, 7) is 5.87. The molecule has 22 unspecified atom stereocenters. The molecule has 2 bridgehead atoms. The Labute approximate surface area is 514 Å². The maximum absolute atomic E-state index is 16.7. The molecule has 86 heavy (non-hydrogen) atoms. The lowest BCUT2D eigenvalue weighted by Gasteiger charge is -2.66. The van der Waals surface area contributed by atoms with Crippen LogP contribution in [-0.4, -0.2) is 131 Å². The monoisotopic (exact) mass is 1220 g/mol. The maximum Gasteiger partial charge on any atom is 0.313 e. The number of fused-ring (bicyclic) bond motifs is 10. The number of Topliss-reactive ketones (excluding diaryl/α,β-unsaturated/α-hetero) is 2. The Hall–Kier alpha value is -4.32. The number of aromatic hydroxyl groups is 1. The van der Waals surface area contributed by atoms with Crippen LogP contribution in [-0.2, 0) is 19.1 Å². The van der Waals surface area contributed by atoms with Crippen LogP contribution >= 0.6 is 21.6 Å². The number of carbonyl (C=O) groups is 3. The smallest absolute Gasteiger partial charge is 0.313 e. The van der Waals surface area contributed by atoms with Crippen molar-refractivity contribution < 1.29 is 54.9 Å². The average molecular weight is 1220 g/mol. The number of hydrogen-bond donors (Lipinski definition) is 11.